The van der Waals surface area contributed by atoms with Crippen LogP contribution in [-0.4, -0.2) is 58.8 Å². The van der Waals surface area contributed by atoms with Gasteiger partial charge < -0.3 is 25.0 Å². The second-order valence-electron chi connectivity index (χ2n) is 6.23. The number of rotatable bonds is 6. The van der Waals surface area contributed by atoms with Crippen LogP contribution in [0.25, 0.3) is 0 Å². The molecule has 2 N–H and O–H groups in total. The Kier molecular flexibility index (Phi) is 7.18. The minimum Gasteiger partial charge on any atom is -0.497 e. The van der Waals surface area contributed by atoms with Gasteiger partial charge in [-0.05, 0) is 51.0 Å². The summed E-state index contributed by atoms with van der Waals surface area (Å²) >= 11 is 0. The average molecular weight is 334 g/mol. The third kappa shape index (κ3) is 5.30. The van der Waals surface area contributed by atoms with Gasteiger partial charge >= 0.3 is 0 Å². The Morgan fingerprint density at radius 1 is 1.21 bits per heavy atom. The first-order valence-corrected chi connectivity index (χ1v) is 8.50. The van der Waals surface area contributed by atoms with Crippen molar-refractivity contribution in [2.24, 2.45) is 10.9 Å². The second-order valence-corrected chi connectivity index (χ2v) is 6.23. The van der Waals surface area contributed by atoms with Gasteiger partial charge in [-0.1, -0.05) is 0 Å². The third-order valence-electron chi connectivity index (χ3n) is 4.56. The van der Waals surface area contributed by atoms with Crippen molar-refractivity contribution in [2.75, 3.05) is 47.9 Å². The number of piperidine rings is 1. The van der Waals surface area contributed by atoms with E-state index in [4.69, 9.17) is 9.47 Å². The molecule has 1 aliphatic rings. The number of nitrogens with zero attached hydrogens (tertiary/aromatic N) is 2. The number of nitrogens with one attached hydrogen (secondary N) is 2. The monoisotopic (exact) mass is 334 g/mol. The summed E-state index contributed by atoms with van der Waals surface area (Å²) in [5.41, 5.74) is 1.07. The molecule has 0 bridgehead atoms. The van der Waals surface area contributed by atoms with E-state index in [0.29, 0.717) is 6.54 Å². The van der Waals surface area contributed by atoms with Crippen LogP contribution in [0.2, 0.25) is 0 Å². The molecule has 1 heterocycles. The van der Waals surface area contributed by atoms with Gasteiger partial charge in [0.15, 0.2) is 5.96 Å². The molecular weight excluding hydrogens is 304 g/mol. The molecule has 0 aromatic heterocycles. The Hall–Kier alpha value is -1.95. The summed E-state index contributed by atoms with van der Waals surface area (Å²) in [7, 11) is 7.31. The Labute approximate surface area is 145 Å². The van der Waals surface area contributed by atoms with Crippen LogP contribution in [0.4, 0.5) is 0 Å². The number of guanidine groups is 1. The molecule has 134 valence electrons. The third-order valence-corrected chi connectivity index (χ3v) is 4.56. The van der Waals surface area contributed by atoms with Gasteiger partial charge in [-0.2, -0.15) is 0 Å². The van der Waals surface area contributed by atoms with Crippen LogP contribution in [0, 0.1) is 5.92 Å². The van der Waals surface area contributed by atoms with Crippen LogP contribution in [0.5, 0.6) is 11.5 Å². The first kappa shape index (κ1) is 18.4. The molecule has 1 aliphatic heterocycles. The molecule has 0 unspecified atom stereocenters. The predicted molar refractivity (Wildman–Crippen MR) is 98.0 cm³/mol. The zero-order valence-corrected chi connectivity index (χ0v) is 15.3. The topological polar surface area (TPSA) is 58.1 Å². The molecule has 0 radical (unpaired) electrons. The largest absolute Gasteiger partial charge is 0.497 e. The van der Waals surface area contributed by atoms with Crippen LogP contribution >= 0.6 is 0 Å². The van der Waals surface area contributed by atoms with E-state index < -0.39 is 0 Å². The Bertz CT molecular complexity index is 540. The lowest BCUT2D eigenvalue weighted by molar-refractivity contribution is 0.220. The van der Waals surface area contributed by atoms with E-state index in [-0.39, 0.29) is 0 Å². The van der Waals surface area contributed by atoms with Crippen molar-refractivity contribution >= 4 is 5.96 Å². The maximum absolute atomic E-state index is 5.43. The van der Waals surface area contributed by atoms with Gasteiger partial charge in [-0.15, -0.1) is 0 Å². The molecule has 6 nitrogen and oxygen atoms in total. The van der Waals surface area contributed by atoms with Crippen molar-refractivity contribution in [3.05, 3.63) is 23.8 Å². The van der Waals surface area contributed by atoms with E-state index >= 15 is 0 Å². The number of hydrogen-bond acceptors (Lipinski definition) is 4. The minimum absolute atomic E-state index is 0.653. The molecule has 2 rings (SSSR count). The molecule has 0 atom stereocenters. The normalized spacial score (nSPS) is 16.8. The number of likely N-dealkylation sites (tertiary alicyclic amines) is 1. The summed E-state index contributed by atoms with van der Waals surface area (Å²) < 4.78 is 10.7. The van der Waals surface area contributed by atoms with E-state index in [0.717, 1.165) is 35.5 Å². The number of methoxy groups -OCH3 is 2. The maximum Gasteiger partial charge on any atom is 0.191 e. The highest BCUT2D eigenvalue weighted by Crippen LogP contribution is 2.24. The molecule has 1 fully saturated rings. The first-order chi connectivity index (χ1) is 11.7. The summed E-state index contributed by atoms with van der Waals surface area (Å²) in [6.07, 6.45) is 2.49. The van der Waals surface area contributed by atoms with Crippen molar-refractivity contribution in [1.29, 1.82) is 0 Å². The predicted octanol–water partition coefficient (Wildman–Crippen LogP) is 1.71. The Morgan fingerprint density at radius 3 is 2.58 bits per heavy atom. The van der Waals surface area contributed by atoms with Crippen LogP contribution in [0.1, 0.15) is 18.4 Å². The fraction of sp³-hybridized carbons (Fsp3) is 0.611. The van der Waals surface area contributed by atoms with Gasteiger partial charge in [-0.25, -0.2) is 0 Å². The van der Waals surface area contributed by atoms with Gasteiger partial charge in [0, 0.05) is 31.8 Å². The summed E-state index contributed by atoms with van der Waals surface area (Å²) in [6, 6.07) is 5.84. The number of benzene rings is 1. The van der Waals surface area contributed by atoms with Crippen LogP contribution in [0.15, 0.2) is 23.2 Å². The van der Waals surface area contributed by atoms with Crippen LogP contribution in [0.3, 0.4) is 0 Å². The summed E-state index contributed by atoms with van der Waals surface area (Å²) in [6.45, 7) is 3.98. The molecule has 1 saturated heterocycles. The lowest BCUT2D eigenvalue weighted by Gasteiger charge is -2.29. The van der Waals surface area contributed by atoms with Crippen molar-refractivity contribution in [3.8, 4) is 11.5 Å². The van der Waals surface area contributed by atoms with E-state index in [2.05, 4.69) is 27.6 Å². The standard InChI is InChI=1S/C18H30N4O2/c1-19-18(20-12-14-7-9-22(2)10-8-14)21-13-15-5-6-16(23-3)11-17(15)24-4/h5-6,11,14H,7-10,12-13H2,1-4H3,(H2,19,20,21). The van der Waals surface area contributed by atoms with Crippen LogP contribution in [-0.2, 0) is 6.54 Å². The molecule has 0 aliphatic carbocycles. The van der Waals surface area contributed by atoms with E-state index in [1.165, 1.54) is 25.9 Å². The number of aliphatic imine (C=N–C) groups is 1. The first-order valence-electron chi connectivity index (χ1n) is 8.50. The van der Waals surface area contributed by atoms with Crippen LogP contribution < -0.4 is 20.1 Å². The quantitative estimate of drug-likeness (QED) is 0.613. The fourth-order valence-corrected chi connectivity index (χ4v) is 2.90. The fourth-order valence-electron chi connectivity index (χ4n) is 2.90. The Balaban J connectivity index is 1.83. The van der Waals surface area contributed by atoms with Crippen molar-refractivity contribution in [2.45, 2.75) is 19.4 Å². The van der Waals surface area contributed by atoms with Gasteiger partial charge in [0.2, 0.25) is 0 Å². The molecule has 0 saturated carbocycles. The van der Waals surface area contributed by atoms with E-state index in [1.54, 1.807) is 21.3 Å². The lowest BCUT2D eigenvalue weighted by atomic mass is 9.97. The molecule has 0 amide bonds. The summed E-state index contributed by atoms with van der Waals surface area (Å²) in [5.74, 6) is 3.15. The van der Waals surface area contributed by atoms with Gasteiger partial charge in [0.05, 0.1) is 14.2 Å². The van der Waals surface area contributed by atoms with Crippen molar-refractivity contribution in [1.82, 2.24) is 15.5 Å². The molecule has 1 aromatic rings. The average Bonchev–Trinajstić information content (AvgIpc) is 2.63. The van der Waals surface area contributed by atoms with Gasteiger partial charge in [0.25, 0.3) is 0 Å². The second kappa shape index (κ2) is 9.37. The van der Waals surface area contributed by atoms with Gasteiger partial charge in [0.1, 0.15) is 11.5 Å². The summed E-state index contributed by atoms with van der Waals surface area (Å²) in [5, 5.41) is 6.79. The minimum atomic E-state index is 0.653. The zero-order chi connectivity index (χ0) is 17.4. The lowest BCUT2D eigenvalue weighted by Crippen LogP contribution is -2.42. The van der Waals surface area contributed by atoms with Crippen molar-refractivity contribution < 1.29 is 9.47 Å². The highest BCUT2D eigenvalue weighted by Gasteiger charge is 2.16. The highest BCUT2D eigenvalue weighted by molar-refractivity contribution is 5.79. The molecule has 6 heteroatoms. The highest BCUT2D eigenvalue weighted by atomic mass is 16.5. The van der Waals surface area contributed by atoms with E-state index in [1.807, 2.05) is 18.2 Å². The van der Waals surface area contributed by atoms with Gasteiger partial charge in [-0.3, -0.25) is 4.99 Å². The van der Waals surface area contributed by atoms with E-state index in [9.17, 15) is 0 Å². The molecule has 24 heavy (non-hydrogen) atoms. The molecule has 0 spiro atoms. The molecule has 1 aromatic carbocycles. The number of ether oxygens (including phenoxy) is 2. The maximum atomic E-state index is 5.43. The Morgan fingerprint density at radius 2 is 1.96 bits per heavy atom. The molecular formula is C18H30N4O2. The summed E-state index contributed by atoms with van der Waals surface area (Å²) in [4.78, 5) is 6.70. The van der Waals surface area contributed by atoms with Crippen molar-refractivity contribution in [3.63, 3.8) is 0 Å². The number of hydrogen-bond donors (Lipinski definition) is 2. The smallest absolute Gasteiger partial charge is 0.191 e. The zero-order valence-electron chi connectivity index (χ0n) is 15.3. The SMILES string of the molecule is CN=C(NCc1ccc(OC)cc1OC)NCC1CCN(C)CC1.